The number of urea groups is 1. The van der Waals surface area contributed by atoms with Crippen molar-refractivity contribution in [3.63, 3.8) is 0 Å². The number of anilines is 2. The second-order valence-electron chi connectivity index (χ2n) is 6.10. The number of nitrogens with zero attached hydrogens (tertiary/aromatic N) is 3. The number of aromatic nitrogens is 2. The third-order valence-electron chi connectivity index (χ3n) is 3.47. The summed E-state index contributed by atoms with van der Waals surface area (Å²) in [6.07, 6.45) is 0. The molecular formula is C17H23F2N5O3. The number of benzene rings is 1. The van der Waals surface area contributed by atoms with E-state index in [1.807, 2.05) is 38.1 Å². The molecule has 10 heteroatoms. The van der Waals surface area contributed by atoms with Crippen molar-refractivity contribution >= 4 is 17.5 Å². The zero-order chi connectivity index (χ0) is 20.0. The predicted octanol–water partition coefficient (Wildman–Crippen LogP) is 2.91. The molecule has 0 aliphatic rings. The van der Waals surface area contributed by atoms with Crippen molar-refractivity contribution in [3.05, 3.63) is 29.8 Å². The fourth-order valence-electron chi connectivity index (χ4n) is 2.17. The third kappa shape index (κ3) is 6.41. The van der Waals surface area contributed by atoms with E-state index in [9.17, 15) is 13.6 Å². The van der Waals surface area contributed by atoms with Gasteiger partial charge in [-0.3, -0.25) is 5.32 Å². The van der Waals surface area contributed by atoms with Crippen LogP contribution in [0.15, 0.2) is 24.3 Å². The Morgan fingerprint density at radius 2 is 2.04 bits per heavy atom. The second kappa shape index (κ2) is 9.17. The van der Waals surface area contributed by atoms with Crippen molar-refractivity contribution < 1.29 is 23.0 Å². The average Bonchev–Trinajstić information content (AvgIpc) is 2.88. The standard InChI is InChI=1S/C17H23F2N5O3/c1-11-5-6-12(13(9-11)26-8-7-23(2)3)20-17(25)21-14-10-15(24(4)22-14)27-16(18)19/h5-6,9-10,16H,7-8H2,1-4H3,(H2,20,21,22,25). The van der Waals surface area contributed by atoms with E-state index in [-0.39, 0.29) is 11.7 Å². The van der Waals surface area contributed by atoms with Gasteiger partial charge < -0.3 is 19.7 Å². The Hall–Kier alpha value is -2.88. The lowest BCUT2D eigenvalue weighted by Gasteiger charge is -2.15. The molecule has 0 bridgehead atoms. The normalized spacial score (nSPS) is 11.0. The predicted molar refractivity (Wildman–Crippen MR) is 97.7 cm³/mol. The summed E-state index contributed by atoms with van der Waals surface area (Å²) >= 11 is 0. The van der Waals surface area contributed by atoms with E-state index in [4.69, 9.17) is 4.74 Å². The van der Waals surface area contributed by atoms with Gasteiger partial charge in [0.25, 0.3) is 0 Å². The Morgan fingerprint density at radius 3 is 2.70 bits per heavy atom. The molecule has 0 spiro atoms. The quantitative estimate of drug-likeness (QED) is 0.733. The van der Waals surface area contributed by atoms with E-state index in [0.717, 1.165) is 16.8 Å². The van der Waals surface area contributed by atoms with Gasteiger partial charge in [0.1, 0.15) is 12.4 Å². The Morgan fingerprint density at radius 1 is 1.30 bits per heavy atom. The van der Waals surface area contributed by atoms with Gasteiger partial charge in [-0.2, -0.15) is 13.9 Å². The van der Waals surface area contributed by atoms with Crippen LogP contribution in [0, 0.1) is 6.92 Å². The molecule has 27 heavy (non-hydrogen) atoms. The number of nitrogens with one attached hydrogen (secondary N) is 2. The van der Waals surface area contributed by atoms with Crippen LogP contribution in [0.2, 0.25) is 0 Å². The molecule has 2 N–H and O–H groups in total. The number of aryl methyl sites for hydroxylation is 2. The molecule has 148 valence electrons. The molecule has 0 radical (unpaired) electrons. The maximum atomic E-state index is 12.3. The van der Waals surface area contributed by atoms with Crippen molar-refractivity contribution in [2.45, 2.75) is 13.5 Å². The third-order valence-corrected chi connectivity index (χ3v) is 3.47. The van der Waals surface area contributed by atoms with Gasteiger partial charge in [-0.15, -0.1) is 0 Å². The van der Waals surface area contributed by atoms with Gasteiger partial charge in [0.05, 0.1) is 5.69 Å². The van der Waals surface area contributed by atoms with Crippen LogP contribution in [0.4, 0.5) is 25.1 Å². The number of hydrogen-bond acceptors (Lipinski definition) is 5. The molecule has 0 atom stereocenters. The summed E-state index contributed by atoms with van der Waals surface area (Å²) in [5.41, 5.74) is 1.47. The number of hydrogen-bond donors (Lipinski definition) is 2. The molecule has 2 amide bonds. The number of carbonyl (C=O) groups is 1. The number of rotatable bonds is 8. The van der Waals surface area contributed by atoms with Gasteiger partial charge in [-0.25, -0.2) is 9.48 Å². The molecule has 1 aromatic carbocycles. The minimum absolute atomic E-state index is 0.0767. The summed E-state index contributed by atoms with van der Waals surface area (Å²) in [4.78, 5) is 14.2. The number of halogens is 2. The lowest BCUT2D eigenvalue weighted by molar-refractivity contribution is -0.0553. The SMILES string of the molecule is Cc1ccc(NC(=O)Nc2cc(OC(F)F)n(C)n2)c(OCCN(C)C)c1. The smallest absolute Gasteiger partial charge is 0.388 e. The number of carbonyl (C=O) groups excluding carboxylic acids is 1. The summed E-state index contributed by atoms with van der Waals surface area (Å²) in [5.74, 6) is 0.450. The van der Waals surface area contributed by atoms with Crippen LogP contribution >= 0.6 is 0 Å². The van der Waals surface area contributed by atoms with Crippen molar-refractivity contribution in [2.24, 2.45) is 7.05 Å². The second-order valence-corrected chi connectivity index (χ2v) is 6.10. The van der Waals surface area contributed by atoms with Gasteiger partial charge in [0.2, 0.25) is 5.88 Å². The fraction of sp³-hybridized carbons (Fsp3) is 0.412. The highest BCUT2D eigenvalue weighted by Crippen LogP contribution is 2.26. The van der Waals surface area contributed by atoms with Crippen molar-refractivity contribution in [1.82, 2.24) is 14.7 Å². The molecule has 0 unspecified atom stereocenters. The van der Waals surface area contributed by atoms with E-state index in [2.05, 4.69) is 20.5 Å². The van der Waals surface area contributed by atoms with Crippen LogP contribution in [0.25, 0.3) is 0 Å². The molecule has 2 rings (SSSR count). The minimum atomic E-state index is -2.98. The van der Waals surface area contributed by atoms with Crippen molar-refractivity contribution in [1.29, 1.82) is 0 Å². The van der Waals surface area contributed by atoms with Gasteiger partial charge in [-0.05, 0) is 38.7 Å². The lowest BCUT2D eigenvalue weighted by atomic mass is 10.2. The Labute approximate surface area is 156 Å². The van der Waals surface area contributed by atoms with Crippen LogP contribution in [0.1, 0.15) is 5.56 Å². The highest BCUT2D eigenvalue weighted by Gasteiger charge is 2.14. The van der Waals surface area contributed by atoms with Crippen molar-refractivity contribution in [2.75, 3.05) is 37.9 Å². The number of alkyl halides is 2. The zero-order valence-corrected chi connectivity index (χ0v) is 15.6. The summed E-state index contributed by atoms with van der Waals surface area (Å²) in [6.45, 7) is 0.125. The van der Waals surface area contributed by atoms with Crippen molar-refractivity contribution in [3.8, 4) is 11.6 Å². The molecule has 0 saturated carbocycles. The number of likely N-dealkylation sites (N-methyl/N-ethyl adjacent to an activating group) is 1. The van der Waals surface area contributed by atoms with E-state index in [1.54, 1.807) is 6.07 Å². The fourth-order valence-corrected chi connectivity index (χ4v) is 2.17. The molecule has 0 fully saturated rings. The van der Waals surface area contributed by atoms with Crippen LogP contribution in [-0.2, 0) is 7.05 Å². The minimum Gasteiger partial charge on any atom is -0.490 e. The molecule has 8 nitrogen and oxygen atoms in total. The topological polar surface area (TPSA) is 80.7 Å². The van der Waals surface area contributed by atoms with E-state index < -0.39 is 12.6 Å². The highest BCUT2D eigenvalue weighted by molar-refractivity contribution is 6.00. The summed E-state index contributed by atoms with van der Waals surface area (Å²) in [5, 5.41) is 9.04. The summed E-state index contributed by atoms with van der Waals surface area (Å²) in [6, 6.07) is 6.00. The van der Waals surface area contributed by atoms with Crippen LogP contribution in [0.3, 0.4) is 0 Å². The maximum Gasteiger partial charge on any atom is 0.388 e. The van der Waals surface area contributed by atoms with E-state index in [0.29, 0.717) is 18.0 Å². The highest BCUT2D eigenvalue weighted by atomic mass is 19.3. The average molecular weight is 383 g/mol. The van der Waals surface area contributed by atoms with Crippen LogP contribution in [0.5, 0.6) is 11.6 Å². The van der Waals surface area contributed by atoms with Crippen LogP contribution < -0.4 is 20.1 Å². The van der Waals surface area contributed by atoms with Gasteiger partial charge in [-0.1, -0.05) is 6.07 Å². The first-order chi connectivity index (χ1) is 12.7. The summed E-state index contributed by atoms with van der Waals surface area (Å²) < 4.78 is 35.8. The lowest BCUT2D eigenvalue weighted by Crippen LogP contribution is -2.22. The monoisotopic (exact) mass is 383 g/mol. The Kier molecular flexibility index (Phi) is 6.94. The van der Waals surface area contributed by atoms with E-state index in [1.165, 1.54) is 13.1 Å². The number of ether oxygens (including phenoxy) is 2. The van der Waals surface area contributed by atoms with Crippen LogP contribution in [-0.4, -0.2) is 54.6 Å². The Balaban J connectivity index is 2.02. The maximum absolute atomic E-state index is 12.3. The largest absolute Gasteiger partial charge is 0.490 e. The molecular weight excluding hydrogens is 360 g/mol. The van der Waals surface area contributed by atoms with E-state index >= 15 is 0 Å². The van der Waals surface area contributed by atoms with Gasteiger partial charge in [0, 0.05) is 19.7 Å². The molecule has 1 heterocycles. The zero-order valence-electron chi connectivity index (χ0n) is 15.6. The van der Waals surface area contributed by atoms with Gasteiger partial charge >= 0.3 is 12.6 Å². The number of amides is 2. The first kappa shape index (κ1) is 20.4. The molecule has 0 saturated heterocycles. The molecule has 2 aromatic rings. The molecule has 0 aliphatic carbocycles. The molecule has 1 aromatic heterocycles. The summed E-state index contributed by atoms with van der Waals surface area (Å²) in [7, 11) is 5.30. The first-order valence-corrected chi connectivity index (χ1v) is 8.19. The molecule has 0 aliphatic heterocycles. The Bertz CT molecular complexity index is 780. The van der Waals surface area contributed by atoms with Gasteiger partial charge in [0.15, 0.2) is 5.82 Å². The first-order valence-electron chi connectivity index (χ1n) is 8.19.